The third kappa shape index (κ3) is 4.66. The largest absolute Gasteiger partial charge is 0.444 e. The zero-order chi connectivity index (χ0) is 17.0. The van der Waals surface area contributed by atoms with Crippen molar-refractivity contribution < 1.29 is 14.5 Å². The summed E-state index contributed by atoms with van der Waals surface area (Å²) in [5.74, 6) is 0. The average molecular weight is 321 g/mol. The number of benzene rings is 1. The van der Waals surface area contributed by atoms with Crippen molar-refractivity contribution in [2.45, 2.75) is 38.8 Å². The lowest BCUT2D eigenvalue weighted by Gasteiger charge is -2.37. The van der Waals surface area contributed by atoms with E-state index in [1.54, 1.807) is 23.1 Å². The van der Waals surface area contributed by atoms with E-state index >= 15 is 0 Å². The fraction of sp³-hybridized carbons (Fsp3) is 0.562. The number of amides is 1. The van der Waals surface area contributed by atoms with Gasteiger partial charge in [-0.05, 0) is 20.8 Å². The summed E-state index contributed by atoms with van der Waals surface area (Å²) in [5.41, 5.74) is 0.146. The third-order valence-electron chi connectivity index (χ3n) is 3.62. The van der Waals surface area contributed by atoms with Crippen LogP contribution < -0.4 is 5.32 Å². The van der Waals surface area contributed by atoms with Gasteiger partial charge in [0.1, 0.15) is 5.60 Å². The van der Waals surface area contributed by atoms with Gasteiger partial charge in [0.25, 0.3) is 5.69 Å². The second-order valence-corrected chi connectivity index (χ2v) is 6.62. The first-order valence-electron chi connectivity index (χ1n) is 7.70. The predicted octanol–water partition coefficient (Wildman–Crippen LogP) is 2.35. The summed E-state index contributed by atoms with van der Waals surface area (Å²) in [7, 11) is 0. The zero-order valence-electron chi connectivity index (χ0n) is 13.7. The van der Waals surface area contributed by atoms with Crippen LogP contribution in [0, 0.1) is 10.1 Å². The second kappa shape index (κ2) is 6.95. The Morgan fingerprint density at radius 2 is 2.13 bits per heavy atom. The molecule has 0 aliphatic carbocycles. The highest BCUT2D eigenvalue weighted by molar-refractivity contribution is 5.69. The number of carbonyl (C=O) groups is 1. The Bertz CT molecular complexity index is 583. The van der Waals surface area contributed by atoms with E-state index in [-0.39, 0.29) is 22.7 Å². The van der Waals surface area contributed by atoms with Crippen LogP contribution in [0.1, 0.15) is 26.3 Å². The lowest BCUT2D eigenvalue weighted by molar-refractivity contribution is -0.385. The second-order valence-electron chi connectivity index (χ2n) is 6.62. The van der Waals surface area contributed by atoms with Gasteiger partial charge in [-0.3, -0.25) is 10.1 Å². The fourth-order valence-electron chi connectivity index (χ4n) is 2.62. The molecule has 126 valence electrons. The van der Waals surface area contributed by atoms with E-state index in [0.717, 1.165) is 0 Å². The van der Waals surface area contributed by atoms with E-state index in [9.17, 15) is 14.9 Å². The number of nitrogens with one attached hydrogen (secondary N) is 1. The van der Waals surface area contributed by atoms with E-state index < -0.39 is 5.60 Å². The third-order valence-corrected chi connectivity index (χ3v) is 3.62. The molecule has 1 amide bonds. The first-order valence-corrected chi connectivity index (χ1v) is 7.70. The molecule has 7 heteroatoms. The van der Waals surface area contributed by atoms with Crippen LogP contribution in [0.25, 0.3) is 0 Å². The lowest BCUT2D eigenvalue weighted by atomic mass is 10.0. The molecule has 7 nitrogen and oxygen atoms in total. The normalized spacial score (nSPS) is 18.6. The van der Waals surface area contributed by atoms with E-state index in [1.165, 1.54) is 6.07 Å². The number of nitro groups is 1. The monoisotopic (exact) mass is 321 g/mol. The molecule has 0 aromatic heterocycles. The van der Waals surface area contributed by atoms with Crippen molar-refractivity contribution in [3.05, 3.63) is 39.9 Å². The van der Waals surface area contributed by atoms with Gasteiger partial charge in [0.05, 0.1) is 11.0 Å². The minimum absolute atomic E-state index is 0.0854. The lowest BCUT2D eigenvalue weighted by Crippen LogP contribution is -2.55. The van der Waals surface area contributed by atoms with Gasteiger partial charge in [0.2, 0.25) is 0 Å². The topological polar surface area (TPSA) is 84.7 Å². The standard InChI is InChI=1S/C16H23N3O4/c1-16(2,3)23-15(20)18-9-8-17-11-13(18)10-12-6-4-5-7-14(12)19(21)22/h4-7,13,17H,8-11H2,1-3H3/t13-/m1/s1. The van der Waals surface area contributed by atoms with Crippen molar-refractivity contribution in [2.75, 3.05) is 19.6 Å². The van der Waals surface area contributed by atoms with Crippen molar-refractivity contribution in [1.82, 2.24) is 10.2 Å². The molecule has 1 aromatic carbocycles. The van der Waals surface area contributed by atoms with E-state index in [4.69, 9.17) is 4.74 Å². The van der Waals surface area contributed by atoms with Crippen LogP contribution >= 0.6 is 0 Å². The maximum atomic E-state index is 12.4. The Morgan fingerprint density at radius 3 is 2.78 bits per heavy atom. The number of rotatable bonds is 3. The van der Waals surface area contributed by atoms with E-state index in [0.29, 0.717) is 31.6 Å². The molecule has 1 aromatic rings. The van der Waals surface area contributed by atoms with Crippen LogP contribution in [0.5, 0.6) is 0 Å². The van der Waals surface area contributed by atoms with Crippen LogP contribution in [-0.2, 0) is 11.2 Å². The Morgan fingerprint density at radius 1 is 1.43 bits per heavy atom. The first kappa shape index (κ1) is 17.2. The van der Waals surface area contributed by atoms with Crippen LogP contribution in [0.15, 0.2) is 24.3 Å². The molecule has 1 heterocycles. The molecule has 0 spiro atoms. The molecular weight excluding hydrogens is 298 g/mol. The quantitative estimate of drug-likeness (QED) is 0.682. The summed E-state index contributed by atoms with van der Waals surface area (Å²) in [6.45, 7) is 7.27. The smallest absolute Gasteiger partial charge is 0.410 e. The highest BCUT2D eigenvalue weighted by atomic mass is 16.6. The minimum atomic E-state index is -0.564. The van der Waals surface area contributed by atoms with E-state index in [2.05, 4.69) is 5.32 Å². The van der Waals surface area contributed by atoms with Gasteiger partial charge in [-0.25, -0.2) is 4.79 Å². The van der Waals surface area contributed by atoms with Crippen molar-refractivity contribution in [3.63, 3.8) is 0 Å². The number of hydrogen-bond donors (Lipinski definition) is 1. The fourth-order valence-corrected chi connectivity index (χ4v) is 2.62. The van der Waals surface area contributed by atoms with Gasteiger partial charge in [-0.15, -0.1) is 0 Å². The van der Waals surface area contributed by atoms with Crippen LogP contribution in [0.4, 0.5) is 10.5 Å². The van der Waals surface area contributed by atoms with Crippen LogP contribution in [0.2, 0.25) is 0 Å². The van der Waals surface area contributed by atoms with Crippen molar-refractivity contribution >= 4 is 11.8 Å². The molecule has 1 N–H and O–H groups in total. The Balaban J connectivity index is 2.16. The van der Waals surface area contributed by atoms with Crippen LogP contribution in [-0.4, -0.2) is 47.2 Å². The molecule has 23 heavy (non-hydrogen) atoms. The molecule has 2 rings (SSSR count). The summed E-state index contributed by atoms with van der Waals surface area (Å²) >= 11 is 0. The SMILES string of the molecule is CC(C)(C)OC(=O)N1CCNC[C@H]1Cc1ccccc1[N+](=O)[O-]. The highest BCUT2D eigenvalue weighted by Gasteiger charge is 2.31. The number of ether oxygens (including phenoxy) is 1. The molecule has 1 fully saturated rings. The minimum Gasteiger partial charge on any atom is -0.444 e. The summed E-state index contributed by atoms with van der Waals surface area (Å²) < 4.78 is 5.45. The summed E-state index contributed by atoms with van der Waals surface area (Å²) in [6.07, 6.45) is 0.0474. The summed E-state index contributed by atoms with van der Waals surface area (Å²) in [4.78, 5) is 24.8. The average Bonchev–Trinajstić information content (AvgIpc) is 2.46. The number of para-hydroxylation sites is 1. The molecule has 0 unspecified atom stereocenters. The predicted molar refractivity (Wildman–Crippen MR) is 86.4 cm³/mol. The molecule has 1 atom stereocenters. The molecular formula is C16H23N3O4. The van der Waals surface area contributed by atoms with Gasteiger partial charge < -0.3 is 15.0 Å². The molecule has 1 aliphatic heterocycles. The maximum absolute atomic E-state index is 12.4. The molecule has 0 radical (unpaired) electrons. The molecule has 1 saturated heterocycles. The van der Waals surface area contributed by atoms with Crippen molar-refractivity contribution in [1.29, 1.82) is 0 Å². The van der Waals surface area contributed by atoms with Crippen LogP contribution in [0.3, 0.4) is 0 Å². The first-order chi connectivity index (χ1) is 10.8. The zero-order valence-corrected chi connectivity index (χ0v) is 13.7. The number of carbonyl (C=O) groups excluding carboxylic acids is 1. The highest BCUT2D eigenvalue weighted by Crippen LogP contribution is 2.22. The van der Waals surface area contributed by atoms with Gasteiger partial charge in [0.15, 0.2) is 0 Å². The Hall–Kier alpha value is -2.15. The van der Waals surface area contributed by atoms with Gasteiger partial charge in [-0.2, -0.15) is 0 Å². The molecule has 1 aliphatic rings. The van der Waals surface area contributed by atoms with Crippen molar-refractivity contribution in [2.24, 2.45) is 0 Å². The van der Waals surface area contributed by atoms with Crippen molar-refractivity contribution in [3.8, 4) is 0 Å². The Labute approximate surface area is 135 Å². The maximum Gasteiger partial charge on any atom is 0.410 e. The Kier molecular flexibility index (Phi) is 5.20. The van der Waals surface area contributed by atoms with Gasteiger partial charge in [0, 0.05) is 37.7 Å². The number of piperazine rings is 1. The number of nitro benzene ring substituents is 1. The number of nitrogens with zero attached hydrogens (tertiary/aromatic N) is 2. The van der Waals surface area contributed by atoms with E-state index in [1.807, 2.05) is 20.8 Å². The molecule has 0 bridgehead atoms. The molecule has 0 saturated carbocycles. The summed E-state index contributed by atoms with van der Waals surface area (Å²) in [5, 5.41) is 14.4. The summed E-state index contributed by atoms with van der Waals surface area (Å²) in [6, 6.07) is 6.48. The van der Waals surface area contributed by atoms with Gasteiger partial charge >= 0.3 is 6.09 Å². The van der Waals surface area contributed by atoms with Gasteiger partial charge in [-0.1, -0.05) is 18.2 Å². The number of hydrogen-bond acceptors (Lipinski definition) is 5.